The molecule has 0 aliphatic carbocycles. The third-order valence-electron chi connectivity index (χ3n) is 4.89. The zero-order chi connectivity index (χ0) is 20.8. The Morgan fingerprint density at radius 1 is 0.931 bits per heavy atom. The monoisotopic (exact) mass is 389 g/mol. The summed E-state index contributed by atoms with van der Waals surface area (Å²) in [7, 11) is 0. The van der Waals surface area contributed by atoms with Gasteiger partial charge in [-0.05, 0) is 63.1 Å². The summed E-state index contributed by atoms with van der Waals surface area (Å²) >= 11 is 0. The lowest BCUT2D eigenvalue weighted by molar-refractivity contribution is 0.102. The molecule has 1 heterocycles. The molecule has 0 saturated heterocycles. The van der Waals surface area contributed by atoms with Gasteiger partial charge in [0.2, 0.25) is 5.95 Å². The van der Waals surface area contributed by atoms with E-state index in [1.54, 1.807) is 0 Å². The highest BCUT2D eigenvalue weighted by atomic mass is 16.1. The Hall–Kier alpha value is -3.41. The van der Waals surface area contributed by atoms with Gasteiger partial charge in [-0.25, -0.2) is 9.97 Å². The predicted molar refractivity (Wildman–Crippen MR) is 119 cm³/mol. The van der Waals surface area contributed by atoms with Crippen LogP contribution in [0.2, 0.25) is 0 Å². The van der Waals surface area contributed by atoms with Gasteiger partial charge in [0.25, 0.3) is 5.91 Å². The maximum absolute atomic E-state index is 12.6. The smallest absolute Gasteiger partial charge is 0.258 e. The van der Waals surface area contributed by atoms with Crippen LogP contribution < -0.4 is 15.5 Å². The lowest BCUT2D eigenvalue weighted by atomic mass is 10.1. The van der Waals surface area contributed by atoms with Crippen molar-refractivity contribution in [3.05, 3.63) is 71.5 Å². The highest BCUT2D eigenvalue weighted by molar-refractivity contribution is 6.04. The van der Waals surface area contributed by atoms with Crippen molar-refractivity contribution in [3.8, 4) is 0 Å². The molecule has 6 nitrogen and oxygen atoms in total. The van der Waals surface area contributed by atoms with Crippen LogP contribution in [0.25, 0.3) is 0 Å². The van der Waals surface area contributed by atoms with Crippen molar-refractivity contribution < 1.29 is 4.79 Å². The van der Waals surface area contributed by atoms with Crippen molar-refractivity contribution in [2.24, 2.45) is 0 Å². The number of amides is 1. The first kappa shape index (κ1) is 20.3. The number of anilines is 4. The Labute approximate surface area is 172 Å². The summed E-state index contributed by atoms with van der Waals surface area (Å²) in [5, 5.41) is 6.12. The standard InChI is InChI=1S/C23H27N5O/c1-5-28(6-2)19-11-12-21(17(4)13-19)26-22(29)18-14-24-23(25-15-18)27-20-10-8-7-9-16(20)3/h7-15H,5-6H2,1-4H3,(H,26,29)(H,24,25,27). The minimum atomic E-state index is -0.230. The van der Waals surface area contributed by atoms with Crippen molar-refractivity contribution in [1.29, 1.82) is 0 Å². The third kappa shape index (κ3) is 4.90. The molecular weight excluding hydrogens is 362 g/mol. The maximum Gasteiger partial charge on any atom is 0.258 e. The molecular formula is C23H27N5O. The Morgan fingerprint density at radius 3 is 2.24 bits per heavy atom. The molecule has 0 radical (unpaired) electrons. The van der Waals surface area contributed by atoms with Crippen LogP contribution in [0.5, 0.6) is 0 Å². The van der Waals surface area contributed by atoms with E-state index in [4.69, 9.17) is 0 Å². The Bertz CT molecular complexity index is 981. The predicted octanol–water partition coefficient (Wildman–Crippen LogP) is 4.94. The number of rotatable bonds is 7. The number of carbonyl (C=O) groups excluding carboxylic acids is 1. The Morgan fingerprint density at radius 2 is 1.62 bits per heavy atom. The average molecular weight is 390 g/mol. The molecule has 0 aliphatic heterocycles. The van der Waals surface area contributed by atoms with Crippen molar-refractivity contribution in [2.75, 3.05) is 28.6 Å². The van der Waals surface area contributed by atoms with Crippen molar-refractivity contribution >= 4 is 28.9 Å². The first-order chi connectivity index (χ1) is 14.0. The van der Waals surface area contributed by atoms with Crippen LogP contribution in [0, 0.1) is 13.8 Å². The number of benzene rings is 2. The van der Waals surface area contributed by atoms with Crippen molar-refractivity contribution in [3.63, 3.8) is 0 Å². The number of hydrogen-bond acceptors (Lipinski definition) is 5. The van der Waals surface area contributed by atoms with Gasteiger partial charge in [-0.3, -0.25) is 4.79 Å². The second-order valence-corrected chi connectivity index (χ2v) is 6.86. The topological polar surface area (TPSA) is 70.2 Å². The van der Waals surface area contributed by atoms with E-state index < -0.39 is 0 Å². The van der Waals surface area contributed by atoms with Gasteiger partial charge in [-0.15, -0.1) is 0 Å². The van der Waals surface area contributed by atoms with Crippen LogP contribution in [-0.2, 0) is 0 Å². The summed E-state index contributed by atoms with van der Waals surface area (Å²) in [6, 6.07) is 14.0. The van der Waals surface area contributed by atoms with Gasteiger partial charge in [0.15, 0.2) is 0 Å². The summed E-state index contributed by atoms with van der Waals surface area (Å²) in [5.41, 5.74) is 5.40. The molecule has 0 spiro atoms. The Kier molecular flexibility index (Phi) is 6.44. The van der Waals surface area contributed by atoms with E-state index in [2.05, 4.69) is 45.4 Å². The van der Waals surface area contributed by atoms with Gasteiger partial charge in [-0.2, -0.15) is 0 Å². The highest BCUT2D eigenvalue weighted by Gasteiger charge is 2.11. The van der Waals surface area contributed by atoms with E-state index in [1.807, 2.05) is 50.2 Å². The molecule has 0 atom stereocenters. The third-order valence-corrected chi connectivity index (χ3v) is 4.89. The number of hydrogen-bond donors (Lipinski definition) is 2. The van der Waals surface area contributed by atoms with Crippen molar-refractivity contribution in [1.82, 2.24) is 9.97 Å². The van der Waals surface area contributed by atoms with E-state index in [9.17, 15) is 4.79 Å². The van der Waals surface area contributed by atoms with Crippen LogP contribution in [0.3, 0.4) is 0 Å². The molecule has 0 unspecified atom stereocenters. The van der Waals surface area contributed by atoms with E-state index in [-0.39, 0.29) is 5.91 Å². The van der Waals surface area contributed by atoms with Crippen LogP contribution >= 0.6 is 0 Å². The summed E-state index contributed by atoms with van der Waals surface area (Å²) < 4.78 is 0. The fourth-order valence-electron chi connectivity index (χ4n) is 3.11. The van der Waals surface area contributed by atoms with Gasteiger partial charge in [-0.1, -0.05) is 18.2 Å². The molecule has 1 amide bonds. The first-order valence-corrected chi connectivity index (χ1v) is 9.83. The minimum absolute atomic E-state index is 0.230. The number of aromatic nitrogens is 2. The molecule has 29 heavy (non-hydrogen) atoms. The molecule has 150 valence electrons. The van der Waals surface area contributed by atoms with Gasteiger partial charge < -0.3 is 15.5 Å². The molecule has 1 aromatic heterocycles. The van der Waals surface area contributed by atoms with Crippen LogP contribution in [0.4, 0.5) is 23.0 Å². The van der Waals surface area contributed by atoms with E-state index >= 15 is 0 Å². The zero-order valence-electron chi connectivity index (χ0n) is 17.4. The first-order valence-electron chi connectivity index (χ1n) is 9.83. The second-order valence-electron chi connectivity index (χ2n) is 6.86. The Balaban J connectivity index is 1.69. The van der Waals surface area contributed by atoms with Crippen LogP contribution in [-0.4, -0.2) is 29.0 Å². The van der Waals surface area contributed by atoms with E-state index in [1.165, 1.54) is 12.4 Å². The fourth-order valence-corrected chi connectivity index (χ4v) is 3.11. The molecule has 3 rings (SSSR count). The molecule has 3 aromatic rings. The van der Waals surface area contributed by atoms with Gasteiger partial charge in [0.1, 0.15) is 0 Å². The molecule has 2 N–H and O–H groups in total. The summed E-state index contributed by atoms with van der Waals surface area (Å²) in [4.78, 5) is 23.4. The molecule has 6 heteroatoms. The highest BCUT2D eigenvalue weighted by Crippen LogP contribution is 2.23. The van der Waals surface area contributed by atoms with Gasteiger partial charge in [0, 0.05) is 42.5 Å². The molecule has 0 bridgehead atoms. The quantitative estimate of drug-likeness (QED) is 0.599. The lowest BCUT2D eigenvalue weighted by Crippen LogP contribution is -2.22. The molecule has 2 aromatic carbocycles. The number of nitrogens with one attached hydrogen (secondary N) is 2. The minimum Gasteiger partial charge on any atom is -0.372 e. The SMILES string of the molecule is CCN(CC)c1ccc(NC(=O)c2cnc(Nc3ccccc3C)nc2)c(C)c1. The van der Waals surface area contributed by atoms with Crippen molar-refractivity contribution in [2.45, 2.75) is 27.7 Å². The normalized spacial score (nSPS) is 10.5. The zero-order valence-corrected chi connectivity index (χ0v) is 17.4. The molecule has 0 fully saturated rings. The number of carbonyl (C=O) groups is 1. The number of nitrogens with zero attached hydrogens (tertiary/aromatic N) is 3. The summed E-state index contributed by atoms with van der Waals surface area (Å²) in [6.07, 6.45) is 3.06. The van der Waals surface area contributed by atoms with E-state index in [0.717, 1.165) is 41.3 Å². The second kappa shape index (κ2) is 9.19. The number of para-hydroxylation sites is 1. The van der Waals surface area contributed by atoms with Gasteiger partial charge in [0.05, 0.1) is 5.56 Å². The fraction of sp³-hybridized carbons (Fsp3) is 0.261. The largest absolute Gasteiger partial charge is 0.372 e. The number of aryl methyl sites for hydroxylation is 2. The van der Waals surface area contributed by atoms with E-state index in [0.29, 0.717) is 11.5 Å². The summed E-state index contributed by atoms with van der Waals surface area (Å²) in [5.74, 6) is 0.224. The van der Waals surface area contributed by atoms with Crippen LogP contribution in [0.1, 0.15) is 35.3 Å². The molecule has 0 saturated carbocycles. The lowest BCUT2D eigenvalue weighted by Gasteiger charge is -2.22. The maximum atomic E-state index is 12.6. The van der Waals surface area contributed by atoms with Crippen LogP contribution in [0.15, 0.2) is 54.9 Å². The summed E-state index contributed by atoms with van der Waals surface area (Å²) in [6.45, 7) is 10.2. The molecule has 0 aliphatic rings. The average Bonchev–Trinajstić information content (AvgIpc) is 2.73. The van der Waals surface area contributed by atoms with Gasteiger partial charge >= 0.3 is 0 Å².